The third kappa shape index (κ3) is 3.42. The lowest BCUT2D eigenvalue weighted by atomic mass is 9.48. The first kappa shape index (κ1) is 21.1. The van der Waals surface area contributed by atoms with Gasteiger partial charge in [0.1, 0.15) is 5.69 Å². The van der Waals surface area contributed by atoms with E-state index >= 15 is 0 Å². The maximum atomic E-state index is 13.1. The summed E-state index contributed by atoms with van der Waals surface area (Å²) in [5.41, 5.74) is 3.50. The van der Waals surface area contributed by atoms with Crippen molar-refractivity contribution in [2.75, 3.05) is 0 Å². The van der Waals surface area contributed by atoms with Crippen LogP contribution in [-0.2, 0) is 5.41 Å². The highest BCUT2D eigenvalue weighted by atomic mass is 16.6. The molecule has 4 aliphatic carbocycles. The monoisotopic (exact) mass is 456 g/mol. The van der Waals surface area contributed by atoms with Gasteiger partial charge in [-0.25, -0.2) is 9.67 Å². The summed E-state index contributed by atoms with van der Waals surface area (Å²) in [4.78, 5) is 28.2. The maximum absolute atomic E-state index is 13.1. The minimum Gasteiger partial charge on any atom is -0.295 e. The number of nitrogens with one attached hydrogen (secondary N) is 1. The minimum atomic E-state index is -0.472. The van der Waals surface area contributed by atoms with Gasteiger partial charge in [-0.1, -0.05) is 24.3 Å². The summed E-state index contributed by atoms with van der Waals surface area (Å²) in [5.74, 6) is 2.67. The van der Waals surface area contributed by atoms with Gasteiger partial charge < -0.3 is 0 Å². The number of nitro benzene ring substituents is 1. The Kier molecular flexibility index (Phi) is 4.83. The van der Waals surface area contributed by atoms with E-state index in [0.29, 0.717) is 16.7 Å². The fourth-order valence-electron chi connectivity index (χ4n) is 7.18. The zero-order valence-electron chi connectivity index (χ0n) is 19.2. The number of para-hydroxylation sites is 2. The second-order valence-electron chi connectivity index (χ2n) is 10.5. The van der Waals surface area contributed by atoms with E-state index in [1.165, 1.54) is 61.1 Å². The van der Waals surface area contributed by atoms with Crippen molar-refractivity contribution in [1.29, 1.82) is 0 Å². The first-order valence-corrected chi connectivity index (χ1v) is 12.1. The van der Waals surface area contributed by atoms with Crippen LogP contribution in [0.15, 0.2) is 58.3 Å². The molecule has 0 radical (unpaired) electrons. The second kappa shape index (κ2) is 7.79. The average Bonchev–Trinajstić information content (AvgIpc) is 3.10. The van der Waals surface area contributed by atoms with E-state index < -0.39 is 4.92 Å². The number of benzene rings is 2. The lowest BCUT2D eigenvalue weighted by Gasteiger charge is -2.57. The van der Waals surface area contributed by atoms with Crippen LogP contribution >= 0.6 is 0 Å². The molecule has 34 heavy (non-hydrogen) atoms. The van der Waals surface area contributed by atoms with Crippen LogP contribution in [0.25, 0.3) is 5.69 Å². The Labute approximate surface area is 197 Å². The van der Waals surface area contributed by atoms with Crippen molar-refractivity contribution < 1.29 is 4.92 Å². The molecule has 1 aromatic heterocycles. The number of aromatic amines is 1. The molecule has 0 amide bonds. The normalized spacial score (nSPS) is 27.5. The zero-order chi connectivity index (χ0) is 23.4. The van der Waals surface area contributed by atoms with Gasteiger partial charge in [0.05, 0.1) is 16.2 Å². The SMILES string of the molecule is Cc1[nH]n(-c2ccc(C34CC5CC(CC(C5)C3)C4)cc2)c(=O)c1C=Nc1ccccc1[N+](=O)[O-]. The Balaban J connectivity index is 1.29. The molecule has 0 atom stereocenters. The number of aromatic nitrogens is 2. The van der Waals surface area contributed by atoms with E-state index in [-0.39, 0.29) is 16.9 Å². The van der Waals surface area contributed by atoms with Crippen LogP contribution in [0.1, 0.15) is 55.3 Å². The molecule has 4 fully saturated rings. The van der Waals surface area contributed by atoms with Crippen molar-refractivity contribution in [3.63, 3.8) is 0 Å². The van der Waals surface area contributed by atoms with E-state index in [4.69, 9.17) is 0 Å². The molecule has 0 unspecified atom stereocenters. The minimum absolute atomic E-state index is 0.0903. The molecule has 7 heteroatoms. The highest BCUT2D eigenvalue weighted by Gasteiger charge is 2.51. The predicted molar refractivity (Wildman–Crippen MR) is 131 cm³/mol. The number of aliphatic imine (C=N–C) groups is 1. The van der Waals surface area contributed by atoms with Crippen LogP contribution in [-0.4, -0.2) is 20.9 Å². The summed E-state index contributed by atoms with van der Waals surface area (Å²) in [6.45, 7) is 1.81. The van der Waals surface area contributed by atoms with Gasteiger partial charge >= 0.3 is 0 Å². The molecule has 1 N–H and O–H groups in total. The van der Waals surface area contributed by atoms with Gasteiger partial charge in [0.25, 0.3) is 11.2 Å². The Morgan fingerprint density at radius 2 is 1.65 bits per heavy atom. The molecule has 7 rings (SSSR count). The molecular weight excluding hydrogens is 428 g/mol. The van der Waals surface area contributed by atoms with Crippen LogP contribution in [0.3, 0.4) is 0 Å². The molecule has 2 aromatic carbocycles. The molecule has 7 nitrogen and oxygen atoms in total. The van der Waals surface area contributed by atoms with Crippen LogP contribution < -0.4 is 5.56 Å². The predicted octanol–water partition coefficient (Wildman–Crippen LogP) is 5.60. The molecule has 0 spiro atoms. The Bertz CT molecular complexity index is 1310. The Hall–Kier alpha value is -3.48. The number of hydrogen-bond acceptors (Lipinski definition) is 4. The highest BCUT2D eigenvalue weighted by Crippen LogP contribution is 2.60. The van der Waals surface area contributed by atoms with E-state index in [9.17, 15) is 14.9 Å². The van der Waals surface area contributed by atoms with Crippen molar-refractivity contribution in [2.24, 2.45) is 22.7 Å². The Morgan fingerprint density at radius 3 is 2.26 bits per heavy atom. The topological polar surface area (TPSA) is 93.3 Å². The third-order valence-electron chi connectivity index (χ3n) is 8.30. The van der Waals surface area contributed by atoms with Crippen LogP contribution in [0.2, 0.25) is 0 Å². The lowest BCUT2D eigenvalue weighted by Crippen LogP contribution is -2.48. The van der Waals surface area contributed by atoms with E-state index in [1.54, 1.807) is 18.2 Å². The molecule has 1 heterocycles. The summed E-state index contributed by atoms with van der Waals surface area (Å²) in [6.07, 6.45) is 9.61. The summed E-state index contributed by atoms with van der Waals surface area (Å²) in [7, 11) is 0. The van der Waals surface area contributed by atoms with Crippen molar-refractivity contribution in [1.82, 2.24) is 9.78 Å². The zero-order valence-corrected chi connectivity index (χ0v) is 19.2. The molecule has 0 aliphatic heterocycles. The van der Waals surface area contributed by atoms with Crippen LogP contribution in [0, 0.1) is 34.8 Å². The molecule has 4 aliphatic rings. The van der Waals surface area contributed by atoms with Gasteiger partial charge in [-0.15, -0.1) is 0 Å². The van der Waals surface area contributed by atoms with Crippen molar-refractivity contribution in [3.8, 4) is 5.69 Å². The summed E-state index contributed by atoms with van der Waals surface area (Å²) in [5, 5.41) is 14.4. The molecular formula is C27H28N4O3. The third-order valence-corrected chi connectivity index (χ3v) is 8.30. The van der Waals surface area contributed by atoms with Crippen molar-refractivity contribution >= 4 is 17.6 Å². The standard InChI is InChI=1S/C27H28N4O3/c1-17-23(16-28-24-4-2-3-5-25(24)31(33)34)26(32)30(29-17)22-8-6-21(7-9-22)27-13-18-10-19(14-27)12-20(11-18)15-27/h2-9,16,18-20,29H,10-15H2,1H3. The van der Waals surface area contributed by atoms with Crippen molar-refractivity contribution in [2.45, 2.75) is 50.9 Å². The summed E-state index contributed by atoms with van der Waals surface area (Å²) < 4.78 is 1.53. The molecule has 4 saturated carbocycles. The quantitative estimate of drug-likeness (QED) is 0.308. The van der Waals surface area contributed by atoms with Crippen LogP contribution in [0.4, 0.5) is 11.4 Å². The smallest absolute Gasteiger partial charge is 0.294 e. The van der Waals surface area contributed by atoms with Gasteiger partial charge in [-0.2, -0.15) is 0 Å². The maximum Gasteiger partial charge on any atom is 0.294 e. The number of aryl methyl sites for hydroxylation is 1. The molecule has 0 saturated heterocycles. The molecule has 174 valence electrons. The van der Waals surface area contributed by atoms with Gasteiger partial charge in [0.15, 0.2) is 0 Å². The van der Waals surface area contributed by atoms with Gasteiger partial charge in [-0.05, 0) is 92.4 Å². The molecule has 3 aromatic rings. The number of H-pyrrole nitrogens is 1. The van der Waals surface area contributed by atoms with Gasteiger partial charge in [0.2, 0.25) is 0 Å². The largest absolute Gasteiger partial charge is 0.295 e. The van der Waals surface area contributed by atoms with Crippen LogP contribution in [0.5, 0.6) is 0 Å². The Morgan fingerprint density at radius 1 is 1.03 bits per heavy atom. The van der Waals surface area contributed by atoms with Gasteiger partial charge in [-0.3, -0.25) is 20.0 Å². The first-order chi connectivity index (χ1) is 16.4. The molecule has 4 bridgehead atoms. The number of hydrogen-bond donors (Lipinski definition) is 1. The van der Waals surface area contributed by atoms with Gasteiger partial charge in [0, 0.05) is 18.0 Å². The average molecular weight is 457 g/mol. The number of nitro groups is 1. The first-order valence-electron chi connectivity index (χ1n) is 12.1. The fraction of sp³-hybridized carbons (Fsp3) is 0.407. The lowest BCUT2D eigenvalue weighted by molar-refractivity contribution is -0.384. The highest BCUT2D eigenvalue weighted by molar-refractivity contribution is 5.84. The van der Waals surface area contributed by atoms with E-state index in [1.807, 2.05) is 19.1 Å². The second-order valence-corrected chi connectivity index (χ2v) is 10.5. The van der Waals surface area contributed by atoms with E-state index in [0.717, 1.165) is 23.4 Å². The number of nitrogens with zero attached hydrogens (tertiary/aromatic N) is 3. The fourth-order valence-corrected chi connectivity index (χ4v) is 7.18. The van der Waals surface area contributed by atoms with Crippen molar-refractivity contribution in [3.05, 3.63) is 85.8 Å². The van der Waals surface area contributed by atoms with E-state index in [2.05, 4.69) is 22.2 Å². The summed E-state index contributed by atoms with van der Waals surface area (Å²) in [6, 6.07) is 14.8. The number of rotatable bonds is 5. The summed E-state index contributed by atoms with van der Waals surface area (Å²) >= 11 is 0.